The van der Waals surface area contributed by atoms with Gasteiger partial charge >= 0.3 is 0 Å². The third-order valence-corrected chi connectivity index (χ3v) is 3.44. The minimum Gasteiger partial charge on any atom is -0.338 e. The summed E-state index contributed by atoms with van der Waals surface area (Å²) in [6.07, 6.45) is 7.80. The molecule has 2 heterocycles. The molecule has 1 N–H and O–H groups in total. The number of nitrogens with zero attached hydrogens (tertiary/aromatic N) is 3. The third kappa shape index (κ3) is 3.00. The first-order chi connectivity index (χ1) is 8.18. The van der Waals surface area contributed by atoms with Crippen LogP contribution < -0.4 is 10.2 Å². The van der Waals surface area contributed by atoms with Gasteiger partial charge in [0.2, 0.25) is 5.95 Å². The van der Waals surface area contributed by atoms with E-state index < -0.39 is 0 Å². The van der Waals surface area contributed by atoms with Crippen molar-refractivity contribution in [2.75, 3.05) is 18.0 Å². The summed E-state index contributed by atoms with van der Waals surface area (Å²) in [6.45, 7) is 6.60. The summed E-state index contributed by atoms with van der Waals surface area (Å²) in [7, 11) is 2.07. The number of piperidine rings is 1. The molecule has 0 aromatic carbocycles. The van der Waals surface area contributed by atoms with Gasteiger partial charge in [-0.15, -0.1) is 0 Å². The maximum atomic E-state index is 4.48. The second-order valence-corrected chi connectivity index (χ2v) is 5.24. The zero-order valence-corrected chi connectivity index (χ0v) is 11.2. The number of hydrogen-bond donors (Lipinski definition) is 1. The lowest BCUT2D eigenvalue weighted by molar-refractivity contribution is 0.414. The normalized spacial score (nSPS) is 21.2. The standard InChI is InChI=1S/C13H24N4/c1-11(2)15-10-12-6-4-5-8-17(12)13-14-7-9-16(13)3/h7,9,11-12,15H,4-6,8,10H2,1-3H3. The minimum absolute atomic E-state index is 0.556. The van der Waals surface area contributed by atoms with Crippen molar-refractivity contribution in [1.82, 2.24) is 14.9 Å². The largest absolute Gasteiger partial charge is 0.338 e. The summed E-state index contributed by atoms with van der Waals surface area (Å²) in [5.41, 5.74) is 0. The molecule has 0 aliphatic carbocycles. The zero-order valence-electron chi connectivity index (χ0n) is 11.2. The number of aromatic nitrogens is 2. The lowest BCUT2D eigenvalue weighted by Crippen LogP contribution is -2.47. The van der Waals surface area contributed by atoms with Gasteiger partial charge in [0.1, 0.15) is 0 Å². The van der Waals surface area contributed by atoms with Gasteiger partial charge in [0.15, 0.2) is 0 Å². The van der Waals surface area contributed by atoms with Crippen molar-refractivity contribution in [3.05, 3.63) is 12.4 Å². The first kappa shape index (κ1) is 12.4. The van der Waals surface area contributed by atoms with Crippen LogP contribution in [0.25, 0.3) is 0 Å². The second-order valence-electron chi connectivity index (χ2n) is 5.24. The molecule has 96 valence electrons. The van der Waals surface area contributed by atoms with Crippen LogP contribution in [0.4, 0.5) is 5.95 Å². The van der Waals surface area contributed by atoms with Gasteiger partial charge in [-0.3, -0.25) is 0 Å². The molecule has 1 aliphatic rings. The van der Waals surface area contributed by atoms with Crippen molar-refractivity contribution >= 4 is 5.95 Å². The molecule has 1 saturated heterocycles. The van der Waals surface area contributed by atoms with E-state index >= 15 is 0 Å². The molecule has 1 unspecified atom stereocenters. The predicted octanol–water partition coefficient (Wildman–Crippen LogP) is 1.78. The van der Waals surface area contributed by atoms with E-state index in [0.29, 0.717) is 12.1 Å². The molecule has 4 nitrogen and oxygen atoms in total. The van der Waals surface area contributed by atoms with Crippen LogP contribution in [0.2, 0.25) is 0 Å². The van der Waals surface area contributed by atoms with Gasteiger partial charge in [0, 0.05) is 44.6 Å². The second kappa shape index (κ2) is 5.54. The van der Waals surface area contributed by atoms with E-state index in [1.807, 2.05) is 12.4 Å². The molecule has 1 aromatic heterocycles. The van der Waals surface area contributed by atoms with E-state index in [1.54, 1.807) is 0 Å². The number of aryl methyl sites for hydroxylation is 1. The average molecular weight is 236 g/mol. The Balaban J connectivity index is 2.04. The van der Waals surface area contributed by atoms with E-state index in [4.69, 9.17) is 0 Å². The van der Waals surface area contributed by atoms with Crippen LogP contribution in [0, 0.1) is 0 Å². The summed E-state index contributed by atoms with van der Waals surface area (Å²) >= 11 is 0. The monoisotopic (exact) mass is 236 g/mol. The lowest BCUT2D eigenvalue weighted by atomic mass is 10.0. The molecule has 17 heavy (non-hydrogen) atoms. The van der Waals surface area contributed by atoms with Crippen LogP contribution in [-0.4, -0.2) is 34.7 Å². The Morgan fingerprint density at radius 2 is 2.29 bits per heavy atom. The number of anilines is 1. The Morgan fingerprint density at radius 1 is 1.47 bits per heavy atom. The van der Waals surface area contributed by atoms with Crippen LogP contribution in [0.3, 0.4) is 0 Å². The fourth-order valence-corrected chi connectivity index (χ4v) is 2.48. The third-order valence-electron chi connectivity index (χ3n) is 3.44. The SMILES string of the molecule is CC(C)NCC1CCCCN1c1nccn1C. The maximum absolute atomic E-state index is 4.48. The Labute approximate surface area is 104 Å². The average Bonchev–Trinajstić information content (AvgIpc) is 2.73. The van der Waals surface area contributed by atoms with Gasteiger partial charge in [-0.05, 0) is 19.3 Å². The van der Waals surface area contributed by atoms with E-state index in [9.17, 15) is 0 Å². The van der Waals surface area contributed by atoms with Crippen LogP contribution in [0.15, 0.2) is 12.4 Å². The van der Waals surface area contributed by atoms with E-state index in [2.05, 4.69) is 40.7 Å². The van der Waals surface area contributed by atoms with Gasteiger partial charge in [-0.1, -0.05) is 13.8 Å². The molecular weight excluding hydrogens is 212 g/mol. The summed E-state index contributed by atoms with van der Waals surface area (Å²) in [5, 5.41) is 3.55. The Morgan fingerprint density at radius 3 is 2.94 bits per heavy atom. The molecule has 0 spiro atoms. The summed E-state index contributed by atoms with van der Waals surface area (Å²) in [5.74, 6) is 1.11. The minimum atomic E-state index is 0.556. The molecule has 0 saturated carbocycles. The highest BCUT2D eigenvalue weighted by molar-refractivity contribution is 5.33. The van der Waals surface area contributed by atoms with Crippen molar-refractivity contribution in [3.8, 4) is 0 Å². The number of rotatable bonds is 4. The van der Waals surface area contributed by atoms with Gasteiger partial charge in [0.25, 0.3) is 0 Å². The first-order valence-electron chi connectivity index (χ1n) is 6.66. The highest BCUT2D eigenvalue weighted by Crippen LogP contribution is 2.22. The molecule has 0 amide bonds. The smallest absolute Gasteiger partial charge is 0.205 e. The molecule has 0 radical (unpaired) electrons. The van der Waals surface area contributed by atoms with E-state index in [1.165, 1.54) is 19.3 Å². The number of imidazole rings is 1. The van der Waals surface area contributed by atoms with Gasteiger partial charge < -0.3 is 14.8 Å². The van der Waals surface area contributed by atoms with Crippen LogP contribution in [0.1, 0.15) is 33.1 Å². The van der Waals surface area contributed by atoms with Gasteiger partial charge in [0.05, 0.1) is 0 Å². The van der Waals surface area contributed by atoms with Crippen molar-refractivity contribution in [2.24, 2.45) is 7.05 Å². The number of hydrogen-bond acceptors (Lipinski definition) is 3. The lowest BCUT2D eigenvalue weighted by Gasteiger charge is -2.37. The fourth-order valence-electron chi connectivity index (χ4n) is 2.48. The van der Waals surface area contributed by atoms with Crippen LogP contribution >= 0.6 is 0 Å². The zero-order chi connectivity index (χ0) is 12.3. The molecule has 1 aromatic rings. The molecule has 1 atom stereocenters. The topological polar surface area (TPSA) is 33.1 Å². The van der Waals surface area contributed by atoms with Gasteiger partial charge in [-0.2, -0.15) is 0 Å². The highest BCUT2D eigenvalue weighted by Gasteiger charge is 2.24. The Bertz CT molecular complexity index is 345. The quantitative estimate of drug-likeness (QED) is 0.865. The predicted molar refractivity (Wildman–Crippen MR) is 71.3 cm³/mol. The fraction of sp³-hybridized carbons (Fsp3) is 0.769. The van der Waals surface area contributed by atoms with E-state index in [0.717, 1.165) is 19.0 Å². The summed E-state index contributed by atoms with van der Waals surface area (Å²) < 4.78 is 2.12. The molecule has 1 aliphatic heterocycles. The van der Waals surface area contributed by atoms with Crippen molar-refractivity contribution in [1.29, 1.82) is 0 Å². The summed E-state index contributed by atoms with van der Waals surface area (Å²) in [6, 6.07) is 1.15. The Kier molecular flexibility index (Phi) is 4.05. The first-order valence-corrected chi connectivity index (χ1v) is 6.66. The molecule has 0 bridgehead atoms. The number of nitrogens with one attached hydrogen (secondary N) is 1. The maximum Gasteiger partial charge on any atom is 0.205 e. The highest BCUT2D eigenvalue weighted by atomic mass is 15.3. The van der Waals surface area contributed by atoms with Crippen molar-refractivity contribution in [3.63, 3.8) is 0 Å². The molecule has 1 fully saturated rings. The van der Waals surface area contributed by atoms with E-state index in [-0.39, 0.29) is 0 Å². The van der Waals surface area contributed by atoms with Crippen LogP contribution in [0.5, 0.6) is 0 Å². The molecular formula is C13H24N4. The van der Waals surface area contributed by atoms with Gasteiger partial charge in [-0.25, -0.2) is 4.98 Å². The Hall–Kier alpha value is -1.03. The molecule has 4 heteroatoms. The van der Waals surface area contributed by atoms with Crippen LogP contribution in [-0.2, 0) is 7.05 Å². The van der Waals surface area contributed by atoms with Crippen molar-refractivity contribution < 1.29 is 0 Å². The van der Waals surface area contributed by atoms with Crippen molar-refractivity contribution in [2.45, 2.75) is 45.2 Å². The molecule has 2 rings (SSSR count). The summed E-state index contributed by atoms with van der Waals surface area (Å²) in [4.78, 5) is 6.94.